The molecule has 2 aromatic rings. The highest BCUT2D eigenvalue weighted by Gasteiger charge is 2.26. The average Bonchev–Trinajstić information content (AvgIpc) is 2.74. The number of amides is 1. The summed E-state index contributed by atoms with van der Waals surface area (Å²) in [6, 6.07) is 8.43. The van der Waals surface area contributed by atoms with Crippen LogP contribution in [0.2, 0.25) is 0 Å². The van der Waals surface area contributed by atoms with Crippen molar-refractivity contribution < 1.29 is 17.9 Å². The Morgan fingerprint density at radius 3 is 2.63 bits per heavy atom. The van der Waals surface area contributed by atoms with E-state index in [-0.39, 0.29) is 34.9 Å². The zero-order chi connectivity index (χ0) is 21.7. The maximum Gasteiger partial charge on any atom is 0.251 e. The number of benzene rings is 1. The van der Waals surface area contributed by atoms with E-state index in [1.54, 1.807) is 43.0 Å². The first-order valence-corrected chi connectivity index (χ1v) is 11.3. The molecular weight excluding hydrogens is 404 g/mol. The van der Waals surface area contributed by atoms with Crippen LogP contribution in [0.3, 0.4) is 0 Å². The second-order valence-corrected chi connectivity index (χ2v) is 9.96. The Hall–Kier alpha value is -2.99. The number of nitriles is 1. The third-order valence-electron chi connectivity index (χ3n) is 5.01. The van der Waals surface area contributed by atoms with E-state index in [0.717, 1.165) is 18.4 Å². The molecule has 1 aliphatic rings. The number of hydrogen-bond donors (Lipinski definition) is 0. The number of rotatable bonds is 6. The van der Waals surface area contributed by atoms with Crippen LogP contribution in [0.1, 0.15) is 37.9 Å². The van der Waals surface area contributed by atoms with Gasteiger partial charge in [0, 0.05) is 18.9 Å². The predicted molar refractivity (Wildman–Crippen MR) is 109 cm³/mol. The van der Waals surface area contributed by atoms with Crippen LogP contribution < -0.4 is 4.74 Å². The Morgan fingerprint density at radius 2 is 1.97 bits per heavy atom. The Kier molecular flexibility index (Phi) is 6.67. The molecule has 1 fully saturated rings. The number of sulfone groups is 1. The fourth-order valence-electron chi connectivity index (χ4n) is 3.26. The maximum absolute atomic E-state index is 12.8. The highest BCUT2D eigenvalue weighted by molar-refractivity contribution is 7.92. The molecule has 2 heterocycles. The van der Waals surface area contributed by atoms with Crippen LogP contribution in [0.25, 0.3) is 0 Å². The molecule has 1 amide bonds. The van der Waals surface area contributed by atoms with E-state index < -0.39 is 15.1 Å². The molecule has 8 nitrogen and oxygen atoms in total. The van der Waals surface area contributed by atoms with E-state index >= 15 is 0 Å². The lowest BCUT2D eigenvalue weighted by Crippen LogP contribution is -2.45. The number of ether oxygens (including phenoxy) is 1. The van der Waals surface area contributed by atoms with E-state index in [4.69, 9.17) is 10.00 Å². The van der Waals surface area contributed by atoms with Gasteiger partial charge in [0.05, 0.1) is 23.1 Å². The summed E-state index contributed by atoms with van der Waals surface area (Å²) in [7, 11) is -3.33. The molecule has 158 valence electrons. The first-order chi connectivity index (χ1) is 14.3. The Morgan fingerprint density at radius 1 is 1.27 bits per heavy atom. The summed E-state index contributed by atoms with van der Waals surface area (Å²) < 4.78 is 30.3. The minimum absolute atomic E-state index is 0.0533. The second kappa shape index (κ2) is 9.22. The first-order valence-electron chi connectivity index (χ1n) is 9.79. The van der Waals surface area contributed by atoms with Crippen molar-refractivity contribution in [2.45, 2.75) is 49.4 Å². The number of hydrogen-bond acceptors (Lipinski definition) is 7. The fourth-order valence-corrected chi connectivity index (χ4v) is 4.32. The smallest absolute Gasteiger partial charge is 0.251 e. The van der Waals surface area contributed by atoms with E-state index in [1.807, 2.05) is 6.07 Å². The summed E-state index contributed by atoms with van der Waals surface area (Å²) in [5.74, 6) is 0.128. The predicted octanol–water partition coefficient (Wildman–Crippen LogP) is 2.14. The summed E-state index contributed by atoms with van der Waals surface area (Å²) in [6.07, 6.45) is 4.36. The van der Waals surface area contributed by atoms with Crippen molar-refractivity contribution in [3.8, 4) is 11.9 Å². The average molecular weight is 429 g/mol. The van der Waals surface area contributed by atoms with Gasteiger partial charge in [-0.2, -0.15) is 5.26 Å². The van der Waals surface area contributed by atoms with Gasteiger partial charge in [0.1, 0.15) is 12.2 Å². The minimum Gasteiger partial charge on any atom is -0.470 e. The lowest BCUT2D eigenvalue weighted by atomic mass is 10.1. The molecule has 0 saturated carbocycles. The van der Waals surface area contributed by atoms with Gasteiger partial charge < -0.3 is 9.64 Å². The van der Waals surface area contributed by atoms with Gasteiger partial charge in [0.25, 0.3) is 5.88 Å². The molecule has 0 N–H and O–H groups in total. The minimum atomic E-state index is -3.33. The molecule has 0 aliphatic carbocycles. The number of carbonyl (C=O) groups is 1. The summed E-state index contributed by atoms with van der Waals surface area (Å²) in [6.45, 7) is 4.31. The van der Waals surface area contributed by atoms with Crippen LogP contribution in [-0.2, 0) is 21.1 Å². The summed E-state index contributed by atoms with van der Waals surface area (Å²) in [5, 5.41) is 8.62. The van der Waals surface area contributed by atoms with Crippen molar-refractivity contribution in [2.24, 2.45) is 0 Å². The SMILES string of the molecule is CC(C)S(=O)(=O)c1ccc(CC(=O)N2CCCC(Oc3nccnc3C#N)C2)cc1. The van der Waals surface area contributed by atoms with E-state index in [9.17, 15) is 13.2 Å². The molecule has 1 atom stereocenters. The number of carbonyl (C=O) groups excluding carboxylic acids is 1. The number of piperidine rings is 1. The summed E-state index contributed by atoms with van der Waals surface area (Å²) >= 11 is 0. The molecule has 0 radical (unpaired) electrons. The van der Waals surface area contributed by atoms with Crippen molar-refractivity contribution in [3.63, 3.8) is 0 Å². The Labute approximate surface area is 176 Å². The fraction of sp³-hybridized carbons (Fsp3) is 0.429. The molecular formula is C21H24N4O4S. The van der Waals surface area contributed by atoms with Crippen molar-refractivity contribution in [1.82, 2.24) is 14.9 Å². The third kappa shape index (κ3) is 4.94. The highest BCUT2D eigenvalue weighted by atomic mass is 32.2. The van der Waals surface area contributed by atoms with Crippen molar-refractivity contribution in [3.05, 3.63) is 47.9 Å². The highest BCUT2D eigenvalue weighted by Crippen LogP contribution is 2.20. The largest absolute Gasteiger partial charge is 0.470 e. The molecule has 9 heteroatoms. The van der Waals surface area contributed by atoms with Gasteiger partial charge in [-0.15, -0.1) is 0 Å². The van der Waals surface area contributed by atoms with Crippen molar-refractivity contribution >= 4 is 15.7 Å². The van der Waals surface area contributed by atoms with Crippen LogP contribution in [-0.4, -0.2) is 53.6 Å². The normalized spacial score (nSPS) is 16.9. The third-order valence-corrected chi connectivity index (χ3v) is 7.18. The zero-order valence-electron chi connectivity index (χ0n) is 17.0. The monoisotopic (exact) mass is 428 g/mol. The molecule has 30 heavy (non-hydrogen) atoms. The molecule has 1 unspecified atom stereocenters. The first kappa shape index (κ1) is 21.7. The van der Waals surface area contributed by atoms with E-state index in [1.165, 1.54) is 12.4 Å². The summed E-state index contributed by atoms with van der Waals surface area (Å²) in [4.78, 5) is 22.7. The number of aromatic nitrogens is 2. The van der Waals surface area contributed by atoms with Gasteiger partial charge in [0.2, 0.25) is 11.6 Å². The van der Waals surface area contributed by atoms with Gasteiger partial charge in [0.15, 0.2) is 9.84 Å². The number of nitrogens with zero attached hydrogens (tertiary/aromatic N) is 4. The van der Waals surface area contributed by atoms with Crippen molar-refractivity contribution in [1.29, 1.82) is 5.26 Å². The van der Waals surface area contributed by atoms with Gasteiger partial charge >= 0.3 is 0 Å². The van der Waals surface area contributed by atoms with Crippen molar-refractivity contribution in [2.75, 3.05) is 13.1 Å². The zero-order valence-corrected chi connectivity index (χ0v) is 17.8. The molecule has 1 aromatic heterocycles. The van der Waals surface area contributed by atoms with Gasteiger partial charge in [-0.1, -0.05) is 12.1 Å². The van der Waals surface area contributed by atoms with Crippen LogP contribution in [0.4, 0.5) is 0 Å². The number of likely N-dealkylation sites (tertiary alicyclic amines) is 1. The lowest BCUT2D eigenvalue weighted by molar-refractivity contribution is -0.133. The maximum atomic E-state index is 12.8. The molecule has 1 aromatic carbocycles. The van der Waals surface area contributed by atoms with Gasteiger partial charge in [-0.3, -0.25) is 4.79 Å². The molecule has 1 aliphatic heterocycles. The van der Waals surface area contributed by atoms with E-state index in [0.29, 0.717) is 13.1 Å². The van der Waals surface area contributed by atoms with Gasteiger partial charge in [-0.25, -0.2) is 18.4 Å². The van der Waals surface area contributed by atoms with Crippen LogP contribution in [0, 0.1) is 11.3 Å². The van der Waals surface area contributed by atoms with E-state index in [2.05, 4.69) is 9.97 Å². The topological polar surface area (TPSA) is 113 Å². The Bertz CT molecular complexity index is 1050. The molecule has 1 saturated heterocycles. The second-order valence-electron chi connectivity index (χ2n) is 7.46. The van der Waals surface area contributed by atoms with Crippen LogP contribution in [0.5, 0.6) is 5.88 Å². The van der Waals surface area contributed by atoms with Crippen LogP contribution >= 0.6 is 0 Å². The molecule has 0 bridgehead atoms. The molecule has 0 spiro atoms. The van der Waals surface area contributed by atoms with Gasteiger partial charge in [-0.05, 0) is 44.4 Å². The molecule has 3 rings (SSSR count). The standard InChI is InChI=1S/C21H24N4O4S/c1-15(2)30(27,28)18-7-5-16(6-8-18)12-20(26)25-11-3-4-17(14-25)29-21-19(13-22)23-9-10-24-21/h5-10,15,17H,3-4,11-12,14H2,1-2H3. The lowest BCUT2D eigenvalue weighted by Gasteiger charge is -2.32. The van der Waals surface area contributed by atoms with Crippen LogP contribution in [0.15, 0.2) is 41.6 Å². The Balaban J connectivity index is 1.62. The quantitative estimate of drug-likeness (QED) is 0.692. The summed E-state index contributed by atoms with van der Waals surface area (Å²) in [5.41, 5.74) is 0.879.